The van der Waals surface area contributed by atoms with E-state index in [4.69, 9.17) is 27.9 Å². The quantitative estimate of drug-likeness (QED) is 0.465. The number of rotatable bonds is 8. The first-order valence-corrected chi connectivity index (χ1v) is 10.8. The number of benzene rings is 2. The van der Waals surface area contributed by atoms with Gasteiger partial charge in [-0.2, -0.15) is 0 Å². The predicted molar refractivity (Wildman–Crippen MR) is 118 cm³/mol. The van der Waals surface area contributed by atoms with Crippen molar-refractivity contribution in [2.75, 3.05) is 17.7 Å². The highest BCUT2D eigenvalue weighted by Gasteiger charge is 2.17. The van der Waals surface area contributed by atoms with Gasteiger partial charge in [0.25, 0.3) is 0 Å². The highest BCUT2D eigenvalue weighted by atomic mass is 35.5. The number of nitrogens with zero attached hydrogens (tertiary/aromatic N) is 3. The zero-order chi connectivity index (χ0) is 20.8. The molecule has 0 unspecified atom stereocenters. The predicted octanol–water partition coefficient (Wildman–Crippen LogP) is 5.40. The number of hydrogen-bond donors (Lipinski definition) is 1. The Bertz CT molecular complexity index is 1010. The van der Waals surface area contributed by atoms with Gasteiger partial charge in [-0.25, -0.2) is 0 Å². The molecule has 152 valence electrons. The maximum absolute atomic E-state index is 12.3. The molecule has 0 atom stereocenters. The van der Waals surface area contributed by atoms with E-state index < -0.39 is 0 Å². The molecule has 1 amide bonds. The van der Waals surface area contributed by atoms with Gasteiger partial charge in [-0.05, 0) is 44.2 Å². The van der Waals surface area contributed by atoms with Gasteiger partial charge in [0.2, 0.25) is 5.91 Å². The molecule has 0 aliphatic rings. The molecule has 0 saturated heterocycles. The lowest BCUT2D eigenvalue weighted by molar-refractivity contribution is -0.113. The van der Waals surface area contributed by atoms with Crippen LogP contribution in [-0.4, -0.2) is 33.0 Å². The summed E-state index contributed by atoms with van der Waals surface area (Å²) in [5.74, 6) is 1.44. The second-order valence-corrected chi connectivity index (χ2v) is 7.73. The summed E-state index contributed by atoms with van der Waals surface area (Å²) in [4.78, 5) is 12.3. The van der Waals surface area contributed by atoms with Crippen LogP contribution in [0.2, 0.25) is 10.0 Å². The van der Waals surface area contributed by atoms with Gasteiger partial charge < -0.3 is 14.6 Å². The van der Waals surface area contributed by atoms with Crippen molar-refractivity contribution in [3.63, 3.8) is 0 Å². The molecular weight excluding hydrogens is 431 g/mol. The average molecular weight is 451 g/mol. The van der Waals surface area contributed by atoms with Crippen LogP contribution >= 0.6 is 35.0 Å². The second kappa shape index (κ2) is 10.0. The maximum Gasteiger partial charge on any atom is 0.234 e. The summed E-state index contributed by atoms with van der Waals surface area (Å²) in [6.07, 6.45) is 0. The zero-order valence-electron chi connectivity index (χ0n) is 16.0. The summed E-state index contributed by atoms with van der Waals surface area (Å²) < 4.78 is 7.67. The fourth-order valence-corrected chi connectivity index (χ4v) is 3.98. The summed E-state index contributed by atoms with van der Waals surface area (Å²) in [6, 6.07) is 12.6. The molecule has 1 N–H and O–H groups in total. The molecule has 2 aromatic carbocycles. The van der Waals surface area contributed by atoms with E-state index in [0.29, 0.717) is 39.9 Å². The van der Waals surface area contributed by atoms with E-state index in [1.807, 2.05) is 42.7 Å². The van der Waals surface area contributed by atoms with Gasteiger partial charge in [0.1, 0.15) is 5.75 Å². The first-order valence-electron chi connectivity index (χ1n) is 9.06. The van der Waals surface area contributed by atoms with Crippen LogP contribution in [0.5, 0.6) is 5.75 Å². The van der Waals surface area contributed by atoms with Crippen LogP contribution in [-0.2, 0) is 11.3 Å². The van der Waals surface area contributed by atoms with Crippen LogP contribution in [0.3, 0.4) is 0 Å². The van der Waals surface area contributed by atoms with Crippen LogP contribution < -0.4 is 10.1 Å². The zero-order valence-corrected chi connectivity index (χ0v) is 18.3. The van der Waals surface area contributed by atoms with Crippen LogP contribution in [0.15, 0.2) is 47.6 Å². The number of carbonyl (C=O) groups is 1. The maximum atomic E-state index is 12.3. The fraction of sp³-hybridized carbons (Fsp3) is 0.250. The molecule has 1 aromatic heterocycles. The Morgan fingerprint density at radius 1 is 1.17 bits per heavy atom. The van der Waals surface area contributed by atoms with E-state index in [1.165, 1.54) is 11.8 Å². The normalized spacial score (nSPS) is 10.8. The van der Waals surface area contributed by atoms with Crippen molar-refractivity contribution in [1.82, 2.24) is 14.8 Å². The van der Waals surface area contributed by atoms with Crippen LogP contribution in [0, 0.1) is 0 Å². The first-order chi connectivity index (χ1) is 14.0. The van der Waals surface area contributed by atoms with Crippen LogP contribution in [0.1, 0.15) is 13.8 Å². The Labute approximate surface area is 183 Å². The molecule has 6 nitrogen and oxygen atoms in total. The minimum absolute atomic E-state index is 0.171. The number of thioether (sulfide) groups is 1. The molecule has 0 saturated carbocycles. The van der Waals surface area contributed by atoms with Gasteiger partial charge in [-0.3, -0.25) is 4.79 Å². The minimum Gasteiger partial charge on any atom is -0.493 e. The number of nitrogens with one attached hydrogen (secondary N) is 1. The Hall–Kier alpha value is -2.22. The number of carbonyl (C=O) groups excluding carboxylic acids is 1. The third-order valence-electron chi connectivity index (χ3n) is 4.00. The molecule has 0 radical (unpaired) electrons. The van der Waals surface area contributed by atoms with Crippen LogP contribution in [0.4, 0.5) is 5.69 Å². The smallest absolute Gasteiger partial charge is 0.234 e. The second-order valence-electron chi connectivity index (χ2n) is 5.94. The van der Waals surface area contributed by atoms with Crippen molar-refractivity contribution in [3.05, 3.63) is 52.5 Å². The monoisotopic (exact) mass is 450 g/mol. The Kier molecular flexibility index (Phi) is 7.41. The van der Waals surface area contributed by atoms with Crippen molar-refractivity contribution in [2.24, 2.45) is 0 Å². The SMILES string of the molecule is CCOc1ccccc1-c1nnc(SCC(=O)Nc2ccc(Cl)cc2Cl)n1CC. The molecule has 9 heteroatoms. The number of hydrogen-bond acceptors (Lipinski definition) is 5. The molecule has 3 aromatic rings. The molecule has 0 bridgehead atoms. The lowest BCUT2D eigenvalue weighted by Gasteiger charge is -2.11. The molecule has 0 spiro atoms. The molecular formula is C20H20Cl2N4O2S. The van der Waals surface area contributed by atoms with Gasteiger partial charge in [0.05, 0.1) is 28.6 Å². The van der Waals surface area contributed by atoms with E-state index in [1.54, 1.807) is 18.2 Å². The third kappa shape index (κ3) is 5.23. The van der Waals surface area contributed by atoms with Crippen LogP contribution in [0.25, 0.3) is 11.4 Å². The van der Waals surface area contributed by atoms with Gasteiger partial charge in [-0.15, -0.1) is 10.2 Å². The average Bonchev–Trinajstić information content (AvgIpc) is 3.12. The molecule has 0 aliphatic carbocycles. The Balaban J connectivity index is 1.73. The fourth-order valence-electron chi connectivity index (χ4n) is 2.72. The Morgan fingerprint density at radius 3 is 2.69 bits per heavy atom. The van der Waals surface area contributed by atoms with E-state index >= 15 is 0 Å². The molecule has 1 heterocycles. The molecule has 0 fully saturated rings. The lowest BCUT2D eigenvalue weighted by Crippen LogP contribution is -2.15. The highest BCUT2D eigenvalue weighted by Crippen LogP contribution is 2.31. The topological polar surface area (TPSA) is 69.0 Å². The van der Waals surface area contributed by atoms with E-state index in [2.05, 4.69) is 15.5 Å². The summed E-state index contributed by atoms with van der Waals surface area (Å²) >= 11 is 13.3. The van der Waals surface area contributed by atoms with Crippen molar-refractivity contribution < 1.29 is 9.53 Å². The van der Waals surface area contributed by atoms with E-state index in [0.717, 1.165) is 11.3 Å². The summed E-state index contributed by atoms with van der Waals surface area (Å²) in [5, 5.41) is 12.9. The van der Waals surface area contributed by atoms with Crippen molar-refractivity contribution in [1.29, 1.82) is 0 Å². The largest absolute Gasteiger partial charge is 0.493 e. The number of aromatic nitrogens is 3. The van der Waals surface area contributed by atoms with Gasteiger partial charge >= 0.3 is 0 Å². The molecule has 29 heavy (non-hydrogen) atoms. The summed E-state index contributed by atoms with van der Waals surface area (Å²) in [5.41, 5.74) is 1.39. The number of anilines is 1. The van der Waals surface area contributed by atoms with Gasteiger partial charge in [0.15, 0.2) is 11.0 Å². The van der Waals surface area contributed by atoms with Gasteiger partial charge in [0, 0.05) is 11.6 Å². The Morgan fingerprint density at radius 2 is 1.97 bits per heavy atom. The van der Waals surface area contributed by atoms with Crippen molar-refractivity contribution >= 4 is 46.6 Å². The standard InChI is InChI=1S/C20H20Cl2N4O2S/c1-3-26-19(14-7-5-6-8-17(14)28-4-2)24-25-20(26)29-12-18(27)23-16-10-9-13(21)11-15(16)22/h5-11H,3-4,12H2,1-2H3,(H,23,27). The number of halogens is 2. The van der Waals surface area contributed by atoms with E-state index in [-0.39, 0.29) is 11.7 Å². The van der Waals surface area contributed by atoms with Crippen molar-refractivity contribution in [3.8, 4) is 17.1 Å². The first kappa shape index (κ1) is 21.5. The highest BCUT2D eigenvalue weighted by molar-refractivity contribution is 7.99. The molecule has 3 rings (SSSR count). The summed E-state index contributed by atoms with van der Waals surface area (Å²) in [6.45, 7) is 5.17. The minimum atomic E-state index is -0.193. The third-order valence-corrected chi connectivity index (χ3v) is 5.51. The van der Waals surface area contributed by atoms with Crippen molar-refractivity contribution in [2.45, 2.75) is 25.5 Å². The van der Waals surface area contributed by atoms with E-state index in [9.17, 15) is 4.79 Å². The summed E-state index contributed by atoms with van der Waals surface area (Å²) in [7, 11) is 0. The lowest BCUT2D eigenvalue weighted by atomic mass is 10.2. The molecule has 0 aliphatic heterocycles. The number of ether oxygens (including phenoxy) is 1. The number of para-hydroxylation sites is 1. The van der Waals surface area contributed by atoms with Gasteiger partial charge in [-0.1, -0.05) is 47.1 Å². The number of amides is 1.